The van der Waals surface area contributed by atoms with Crippen LogP contribution in [0.1, 0.15) is 12.0 Å². The maximum absolute atomic E-state index is 13.4. The molecule has 0 bridgehead atoms. The van der Waals surface area contributed by atoms with Crippen molar-refractivity contribution < 1.29 is 13.6 Å². The van der Waals surface area contributed by atoms with E-state index in [9.17, 15) is 13.6 Å². The number of amides is 2. The second-order valence-corrected chi connectivity index (χ2v) is 4.70. The number of halogens is 2. The van der Waals surface area contributed by atoms with Crippen LogP contribution in [0.2, 0.25) is 0 Å². The standard InChI is InChI=1S/C13H17F2N3O/c14-11-2-1-3-12(15)10(11)7-17-13(19)18-5-4-9(6-16)8-18/h1-3,9H,4-8,16H2,(H,17,19). The highest BCUT2D eigenvalue weighted by atomic mass is 19.1. The van der Waals surface area contributed by atoms with Crippen molar-refractivity contribution in [2.24, 2.45) is 11.7 Å². The predicted octanol–water partition coefficient (Wildman–Crippen LogP) is 1.45. The van der Waals surface area contributed by atoms with Crippen molar-refractivity contribution in [1.29, 1.82) is 0 Å². The Morgan fingerprint density at radius 2 is 2.11 bits per heavy atom. The zero-order valence-electron chi connectivity index (χ0n) is 10.5. The summed E-state index contributed by atoms with van der Waals surface area (Å²) < 4.78 is 26.7. The molecule has 1 aromatic carbocycles. The summed E-state index contributed by atoms with van der Waals surface area (Å²) in [6.45, 7) is 1.63. The van der Waals surface area contributed by atoms with Gasteiger partial charge >= 0.3 is 6.03 Å². The third-order valence-corrected chi connectivity index (χ3v) is 3.38. The summed E-state index contributed by atoms with van der Waals surface area (Å²) >= 11 is 0. The number of hydrogen-bond acceptors (Lipinski definition) is 2. The van der Waals surface area contributed by atoms with E-state index in [-0.39, 0.29) is 18.1 Å². The molecule has 1 saturated heterocycles. The summed E-state index contributed by atoms with van der Waals surface area (Å²) in [7, 11) is 0. The van der Waals surface area contributed by atoms with E-state index in [1.54, 1.807) is 4.90 Å². The lowest BCUT2D eigenvalue weighted by molar-refractivity contribution is 0.206. The van der Waals surface area contributed by atoms with Gasteiger partial charge in [0.2, 0.25) is 0 Å². The molecule has 104 valence electrons. The van der Waals surface area contributed by atoms with Gasteiger partial charge in [0.15, 0.2) is 0 Å². The lowest BCUT2D eigenvalue weighted by Gasteiger charge is -2.17. The summed E-state index contributed by atoms with van der Waals surface area (Å²) in [5.74, 6) is -0.987. The number of likely N-dealkylation sites (tertiary alicyclic amines) is 1. The van der Waals surface area contributed by atoms with E-state index in [0.29, 0.717) is 25.6 Å². The third-order valence-electron chi connectivity index (χ3n) is 3.38. The molecule has 0 spiro atoms. The van der Waals surface area contributed by atoms with Crippen molar-refractivity contribution in [3.63, 3.8) is 0 Å². The Morgan fingerprint density at radius 1 is 1.42 bits per heavy atom. The molecule has 19 heavy (non-hydrogen) atoms. The first-order valence-corrected chi connectivity index (χ1v) is 6.27. The molecule has 0 aromatic heterocycles. The molecule has 1 aromatic rings. The predicted molar refractivity (Wildman–Crippen MR) is 67.3 cm³/mol. The number of rotatable bonds is 3. The maximum atomic E-state index is 13.4. The number of hydrogen-bond donors (Lipinski definition) is 2. The number of carbonyl (C=O) groups excluding carboxylic acids is 1. The molecule has 1 aliphatic rings. The largest absolute Gasteiger partial charge is 0.334 e. The molecular weight excluding hydrogens is 252 g/mol. The van der Waals surface area contributed by atoms with E-state index in [0.717, 1.165) is 6.42 Å². The number of carbonyl (C=O) groups is 1. The van der Waals surface area contributed by atoms with Gasteiger partial charge in [-0.05, 0) is 31.0 Å². The highest BCUT2D eigenvalue weighted by molar-refractivity contribution is 5.74. The second kappa shape index (κ2) is 5.97. The first-order valence-electron chi connectivity index (χ1n) is 6.27. The zero-order valence-corrected chi connectivity index (χ0v) is 10.5. The molecule has 0 aliphatic carbocycles. The van der Waals surface area contributed by atoms with Crippen LogP contribution in [0, 0.1) is 17.6 Å². The Balaban J connectivity index is 1.90. The number of nitrogens with two attached hydrogens (primary N) is 1. The van der Waals surface area contributed by atoms with Gasteiger partial charge in [0.05, 0.1) is 6.54 Å². The number of urea groups is 1. The summed E-state index contributed by atoms with van der Waals surface area (Å²) in [5, 5.41) is 2.53. The fraction of sp³-hybridized carbons (Fsp3) is 0.462. The van der Waals surface area contributed by atoms with Gasteiger partial charge in [-0.1, -0.05) is 6.07 Å². The minimum Gasteiger partial charge on any atom is -0.334 e. The second-order valence-electron chi connectivity index (χ2n) is 4.70. The van der Waals surface area contributed by atoms with Crippen molar-refractivity contribution in [3.05, 3.63) is 35.4 Å². The van der Waals surface area contributed by atoms with Gasteiger partial charge in [0, 0.05) is 18.7 Å². The van der Waals surface area contributed by atoms with E-state index >= 15 is 0 Å². The molecule has 6 heteroatoms. The SMILES string of the molecule is NCC1CCN(C(=O)NCc2c(F)cccc2F)C1. The average molecular weight is 269 g/mol. The summed E-state index contributed by atoms with van der Waals surface area (Å²) in [5.41, 5.74) is 5.42. The highest BCUT2D eigenvalue weighted by Crippen LogP contribution is 2.15. The van der Waals surface area contributed by atoms with Crippen molar-refractivity contribution in [2.45, 2.75) is 13.0 Å². The van der Waals surface area contributed by atoms with Crippen LogP contribution in [-0.4, -0.2) is 30.6 Å². The Labute approximate surface area is 110 Å². The van der Waals surface area contributed by atoms with Crippen molar-refractivity contribution in [2.75, 3.05) is 19.6 Å². The summed E-state index contributed by atoms with van der Waals surface area (Å²) in [4.78, 5) is 13.5. The number of benzene rings is 1. The van der Waals surface area contributed by atoms with Crippen LogP contribution in [0.15, 0.2) is 18.2 Å². The topological polar surface area (TPSA) is 58.4 Å². The van der Waals surface area contributed by atoms with Gasteiger partial charge in [-0.25, -0.2) is 13.6 Å². The van der Waals surface area contributed by atoms with Crippen LogP contribution in [0.25, 0.3) is 0 Å². The lowest BCUT2D eigenvalue weighted by atomic mass is 10.1. The summed E-state index contributed by atoms with van der Waals surface area (Å²) in [6, 6.07) is 3.33. The fourth-order valence-electron chi connectivity index (χ4n) is 2.19. The Hall–Kier alpha value is -1.69. The fourth-order valence-corrected chi connectivity index (χ4v) is 2.19. The molecule has 0 radical (unpaired) electrons. The monoisotopic (exact) mass is 269 g/mol. The Kier molecular flexibility index (Phi) is 4.31. The van der Waals surface area contributed by atoms with Crippen LogP contribution in [0.5, 0.6) is 0 Å². The van der Waals surface area contributed by atoms with Gasteiger partial charge < -0.3 is 16.0 Å². The van der Waals surface area contributed by atoms with Crippen LogP contribution in [0.3, 0.4) is 0 Å². The average Bonchev–Trinajstić information content (AvgIpc) is 2.86. The van der Waals surface area contributed by atoms with Crippen LogP contribution >= 0.6 is 0 Å². The first-order chi connectivity index (χ1) is 9.11. The van der Waals surface area contributed by atoms with Crippen molar-refractivity contribution in [3.8, 4) is 0 Å². The van der Waals surface area contributed by atoms with E-state index in [4.69, 9.17) is 5.73 Å². The normalized spacial score (nSPS) is 18.7. The number of nitrogens with one attached hydrogen (secondary N) is 1. The summed E-state index contributed by atoms with van der Waals surface area (Å²) in [6.07, 6.45) is 0.873. The third kappa shape index (κ3) is 3.20. The minimum absolute atomic E-state index is 0.120. The molecule has 1 fully saturated rings. The van der Waals surface area contributed by atoms with Gasteiger partial charge in [0.25, 0.3) is 0 Å². The quantitative estimate of drug-likeness (QED) is 0.872. The lowest BCUT2D eigenvalue weighted by Crippen LogP contribution is -2.38. The molecule has 1 unspecified atom stereocenters. The maximum Gasteiger partial charge on any atom is 0.317 e. The molecule has 0 saturated carbocycles. The molecule has 3 N–H and O–H groups in total. The van der Waals surface area contributed by atoms with Gasteiger partial charge in [-0.2, -0.15) is 0 Å². The van der Waals surface area contributed by atoms with Crippen molar-refractivity contribution >= 4 is 6.03 Å². The van der Waals surface area contributed by atoms with Crippen LogP contribution < -0.4 is 11.1 Å². The smallest absolute Gasteiger partial charge is 0.317 e. The molecule has 1 aliphatic heterocycles. The van der Waals surface area contributed by atoms with E-state index in [2.05, 4.69) is 5.32 Å². The molecule has 2 amide bonds. The van der Waals surface area contributed by atoms with Crippen LogP contribution in [0.4, 0.5) is 13.6 Å². The molecule has 1 atom stereocenters. The molecule has 1 heterocycles. The van der Waals surface area contributed by atoms with E-state index < -0.39 is 11.6 Å². The number of nitrogens with zero attached hydrogens (tertiary/aromatic N) is 1. The first kappa shape index (κ1) is 13.7. The van der Waals surface area contributed by atoms with Crippen LogP contribution in [-0.2, 0) is 6.54 Å². The molecule has 2 rings (SSSR count). The Bertz CT molecular complexity index is 447. The zero-order chi connectivity index (χ0) is 13.8. The Morgan fingerprint density at radius 3 is 2.68 bits per heavy atom. The highest BCUT2D eigenvalue weighted by Gasteiger charge is 2.25. The molecular formula is C13H17F2N3O. The van der Waals surface area contributed by atoms with E-state index in [1.807, 2.05) is 0 Å². The van der Waals surface area contributed by atoms with Crippen molar-refractivity contribution in [1.82, 2.24) is 10.2 Å². The van der Waals surface area contributed by atoms with Gasteiger partial charge in [-0.15, -0.1) is 0 Å². The molecule has 4 nitrogen and oxygen atoms in total. The van der Waals surface area contributed by atoms with Gasteiger partial charge in [0.1, 0.15) is 11.6 Å². The minimum atomic E-state index is -0.651. The van der Waals surface area contributed by atoms with E-state index in [1.165, 1.54) is 18.2 Å². The van der Waals surface area contributed by atoms with Gasteiger partial charge in [-0.3, -0.25) is 0 Å².